The van der Waals surface area contributed by atoms with Gasteiger partial charge in [0.05, 0.1) is 0 Å². The Kier molecular flexibility index (Phi) is 4.57. The number of aliphatic carboxylic acids is 1. The molecule has 2 N–H and O–H groups in total. The van der Waals surface area contributed by atoms with Gasteiger partial charge in [0.15, 0.2) is 23.3 Å². The zero-order valence-electron chi connectivity index (χ0n) is 10.7. The average Bonchev–Trinajstić information content (AvgIpc) is 2.39. The van der Waals surface area contributed by atoms with Crippen molar-refractivity contribution in [3.63, 3.8) is 0 Å². The van der Waals surface area contributed by atoms with Crippen molar-refractivity contribution in [3.05, 3.63) is 29.1 Å². The number of nitrogens with one attached hydrogen (secondary N) is 1. The molecule has 0 saturated heterocycles. The number of benzene rings is 1. The van der Waals surface area contributed by atoms with Gasteiger partial charge in [0.25, 0.3) is 0 Å². The summed E-state index contributed by atoms with van der Waals surface area (Å²) in [5.74, 6) is -12.2. The molecule has 8 heteroatoms. The van der Waals surface area contributed by atoms with E-state index in [1.54, 1.807) is 6.92 Å². The number of anilines is 1. The van der Waals surface area contributed by atoms with Crippen LogP contribution in [0.2, 0.25) is 0 Å². The summed E-state index contributed by atoms with van der Waals surface area (Å²) in [5.41, 5.74) is -3.20. The van der Waals surface area contributed by atoms with Crippen LogP contribution in [0.5, 0.6) is 0 Å². The minimum Gasteiger partial charge on any atom is -0.480 e. The van der Waals surface area contributed by atoms with Crippen LogP contribution < -0.4 is 5.32 Å². The van der Waals surface area contributed by atoms with Gasteiger partial charge in [0.1, 0.15) is 11.2 Å². The fourth-order valence-electron chi connectivity index (χ4n) is 1.71. The second kappa shape index (κ2) is 5.64. The summed E-state index contributed by atoms with van der Waals surface area (Å²) >= 11 is 0. The molecule has 1 rings (SSSR count). The van der Waals surface area contributed by atoms with E-state index in [-0.39, 0.29) is 6.42 Å². The molecule has 0 aliphatic carbocycles. The summed E-state index contributed by atoms with van der Waals surface area (Å²) in [4.78, 5) is 11.1. The van der Waals surface area contributed by atoms with Gasteiger partial charge in [-0.25, -0.2) is 26.7 Å². The summed E-state index contributed by atoms with van der Waals surface area (Å²) in [7, 11) is 0. The molecule has 1 aromatic rings. The molecule has 0 heterocycles. The van der Waals surface area contributed by atoms with Gasteiger partial charge in [-0.1, -0.05) is 13.3 Å². The Bertz CT molecular complexity index is 520. The summed E-state index contributed by atoms with van der Waals surface area (Å²) in [6.07, 6.45) is 0.257. The van der Waals surface area contributed by atoms with Crippen LogP contribution in [-0.2, 0) is 4.79 Å². The lowest BCUT2D eigenvalue weighted by atomic mass is 9.95. The number of carbonyl (C=O) groups is 1. The van der Waals surface area contributed by atoms with Gasteiger partial charge in [-0.2, -0.15) is 0 Å². The number of hydrogen-bond acceptors (Lipinski definition) is 2. The third-order valence-electron chi connectivity index (χ3n) is 2.83. The van der Waals surface area contributed by atoms with E-state index in [0.29, 0.717) is 6.42 Å². The summed E-state index contributed by atoms with van der Waals surface area (Å²) in [6.45, 7) is 2.71. The highest BCUT2D eigenvalue weighted by atomic mass is 19.2. The van der Waals surface area contributed by atoms with Gasteiger partial charge >= 0.3 is 5.97 Å². The third kappa shape index (κ3) is 2.68. The molecule has 112 valence electrons. The SMILES string of the molecule is CCCC(C)(Nc1c(F)c(F)c(F)c(F)c1F)C(=O)O. The van der Waals surface area contributed by atoms with E-state index in [0.717, 1.165) is 6.92 Å². The van der Waals surface area contributed by atoms with E-state index in [1.807, 2.05) is 5.32 Å². The highest BCUT2D eigenvalue weighted by Crippen LogP contribution is 2.30. The van der Waals surface area contributed by atoms with E-state index in [9.17, 15) is 26.7 Å². The fourth-order valence-corrected chi connectivity index (χ4v) is 1.71. The van der Waals surface area contributed by atoms with Crippen LogP contribution in [0.15, 0.2) is 0 Å². The normalized spacial score (nSPS) is 13.9. The predicted molar refractivity (Wildman–Crippen MR) is 60.8 cm³/mol. The molecule has 0 radical (unpaired) electrons. The van der Waals surface area contributed by atoms with Crippen molar-refractivity contribution in [2.24, 2.45) is 0 Å². The number of carboxylic acid groups (broad SMARTS) is 1. The lowest BCUT2D eigenvalue weighted by Crippen LogP contribution is -2.44. The van der Waals surface area contributed by atoms with Gasteiger partial charge < -0.3 is 10.4 Å². The lowest BCUT2D eigenvalue weighted by Gasteiger charge is -2.27. The molecular formula is C12H12F5NO2. The monoisotopic (exact) mass is 297 g/mol. The molecule has 20 heavy (non-hydrogen) atoms. The van der Waals surface area contributed by atoms with Gasteiger partial charge in [0.2, 0.25) is 5.82 Å². The Morgan fingerprint density at radius 2 is 1.45 bits per heavy atom. The second-order valence-corrected chi connectivity index (χ2v) is 4.46. The zero-order chi connectivity index (χ0) is 15.7. The van der Waals surface area contributed by atoms with Crippen molar-refractivity contribution >= 4 is 11.7 Å². The molecule has 0 spiro atoms. The van der Waals surface area contributed by atoms with E-state index in [2.05, 4.69) is 0 Å². The molecule has 0 aliphatic heterocycles. The molecule has 1 aromatic carbocycles. The van der Waals surface area contributed by atoms with E-state index in [1.165, 1.54) is 0 Å². The first-order valence-electron chi connectivity index (χ1n) is 5.68. The molecule has 0 fully saturated rings. The zero-order valence-corrected chi connectivity index (χ0v) is 10.7. The van der Waals surface area contributed by atoms with Crippen LogP contribution in [-0.4, -0.2) is 16.6 Å². The summed E-state index contributed by atoms with van der Waals surface area (Å²) < 4.78 is 65.8. The minimum atomic E-state index is -2.29. The van der Waals surface area contributed by atoms with Gasteiger partial charge in [-0.15, -0.1) is 0 Å². The van der Waals surface area contributed by atoms with Crippen molar-refractivity contribution < 1.29 is 31.9 Å². The van der Waals surface area contributed by atoms with Crippen LogP contribution in [0.25, 0.3) is 0 Å². The predicted octanol–water partition coefficient (Wildman–Crippen LogP) is 3.44. The Labute approximate surface area is 111 Å². The van der Waals surface area contributed by atoms with Crippen molar-refractivity contribution in [2.45, 2.75) is 32.2 Å². The second-order valence-electron chi connectivity index (χ2n) is 4.46. The Balaban J connectivity index is 3.38. The first kappa shape index (κ1) is 16.2. The first-order chi connectivity index (χ1) is 9.15. The largest absolute Gasteiger partial charge is 0.480 e. The molecule has 0 amide bonds. The molecule has 0 aromatic heterocycles. The average molecular weight is 297 g/mol. The maximum absolute atomic E-state index is 13.5. The van der Waals surface area contributed by atoms with Crippen LogP contribution >= 0.6 is 0 Å². The topological polar surface area (TPSA) is 49.3 Å². The summed E-state index contributed by atoms with van der Waals surface area (Å²) in [6, 6.07) is 0. The Hall–Kier alpha value is -1.86. The number of rotatable bonds is 5. The smallest absolute Gasteiger partial charge is 0.329 e. The van der Waals surface area contributed by atoms with E-state index in [4.69, 9.17) is 5.11 Å². The Morgan fingerprint density at radius 1 is 1.05 bits per heavy atom. The van der Waals surface area contributed by atoms with Gasteiger partial charge in [-0.3, -0.25) is 0 Å². The van der Waals surface area contributed by atoms with Gasteiger partial charge in [-0.05, 0) is 13.3 Å². The maximum atomic E-state index is 13.5. The van der Waals surface area contributed by atoms with Crippen LogP contribution in [0.4, 0.5) is 27.6 Å². The Morgan fingerprint density at radius 3 is 1.80 bits per heavy atom. The fraction of sp³-hybridized carbons (Fsp3) is 0.417. The number of halogens is 5. The van der Waals surface area contributed by atoms with Gasteiger partial charge in [0, 0.05) is 0 Å². The van der Waals surface area contributed by atoms with Crippen LogP contribution in [0.1, 0.15) is 26.7 Å². The molecule has 1 unspecified atom stereocenters. The van der Waals surface area contributed by atoms with Crippen molar-refractivity contribution in [2.75, 3.05) is 5.32 Å². The molecule has 0 bridgehead atoms. The molecule has 0 saturated carbocycles. The lowest BCUT2D eigenvalue weighted by molar-refractivity contribution is -0.142. The van der Waals surface area contributed by atoms with Crippen LogP contribution in [0, 0.1) is 29.1 Å². The number of carboxylic acids is 1. The molecule has 0 aliphatic rings. The van der Waals surface area contributed by atoms with Crippen molar-refractivity contribution in [1.82, 2.24) is 0 Å². The standard InChI is InChI=1S/C12H12F5NO2/c1-3-4-12(2,11(19)20)18-10-8(16)6(14)5(13)7(15)9(10)17/h18H,3-4H2,1-2H3,(H,19,20). The highest BCUT2D eigenvalue weighted by molar-refractivity contribution is 5.82. The first-order valence-corrected chi connectivity index (χ1v) is 5.68. The summed E-state index contributed by atoms with van der Waals surface area (Å²) in [5, 5.41) is 10.9. The van der Waals surface area contributed by atoms with Crippen molar-refractivity contribution in [3.8, 4) is 0 Å². The van der Waals surface area contributed by atoms with E-state index >= 15 is 0 Å². The van der Waals surface area contributed by atoms with Crippen molar-refractivity contribution in [1.29, 1.82) is 0 Å². The number of hydrogen-bond donors (Lipinski definition) is 2. The minimum absolute atomic E-state index is 0.0676. The van der Waals surface area contributed by atoms with E-state index < -0.39 is 46.3 Å². The quantitative estimate of drug-likeness (QED) is 0.497. The molecule has 3 nitrogen and oxygen atoms in total. The van der Waals surface area contributed by atoms with Crippen LogP contribution in [0.3, 0.4) is 0 Å². The maximum Gasteiger partial charge on any atom is 0.329 e. The highest BCUT2D eigenvalue weighted by Gasteiger charge is 2.36. The molecular weight excluding hydrogens is 285 g/mol. The molecule has 1 atom stereocenters. The third-order valence-corrected chi connectivity index (χ3v) is 2.83.